The second-order valence-electron chi connectivity index (χ2n) is 6.41. The van der Waals surface area contributed by atoms with Gasteiger partial charge in [-0.25, -0.2) is 4.79 Å². The van der Waals surface area contributed by atoms with E-state index in [1.165, 1.54) is 0 Å². The molecular weight excluding hydrogens is 294 g/mol. The maximum Gasteiger partial charge on any atom is 0.321 e. The Morgan fingerprint density at radius 1 is 1.39 bits per heavy atom. The number of likely N-dealkylation sites (tertiary alicyclic amines) is 1. The third kappa shape index (κ3) is 4.03. The van der Waals surface area contributed by atoms with Gasteiger partial charge in [-0.3, -0.25) is 9.58 Å². The van der Waals surface area contributed by atoms with Crippen molar-refractivity contribution in [2.45, 2.75) is 45.4 Å². The summed E-state index contributed by atoms with van der Waals surface area (Å²) in [7, 11) is 0. The highest BCUT2D eigenvalue weighted by Gasteiger charge is 2.29. The van der Waals surface area contributed by atoms with Gasteiger partial charge in [0.1, 0.15) is 0 Å². The smallest absolute Gasteiger partial charge is 0.321 e. The van der Waals surface area contributed by atoms with E-state index < -0.39 is 0 Å². The lowest BCUT2D eigenvalue weighted by atomic mass is 10.0. The van der Waals surface area contributed by atoms with E-state index >= 15 is 0 Å². The van der Waals surface area contributed by atoms with E-state index in [9.17, 15) is 4.79 Å². The second-order valence-corrected chi connectivity index (χ2v) is 6.41. The van der Waals surface area contributed by atoms with Crippen LogP contribution < -0.4 is 5.32 Å². The minimum atomic E-state index is -0.0190. The Morgan fingerprint density at radius 2 is 2.17 bits per heavy atom. The molecule has 23 heavy (non-hydrogen) atoms. The normalized spacial score (nSPS) is 23.9. The van der Waals surface area contributed by atoms with Crippen molar-refractivity contribution in [3.8, 4) is 0 Å². The first kappa shape index (κ1) is 16.3. The summed E-state index contributed by atoms with van der Waals surface area (Å²) in [6.45, 7) is 9.42. The summed E-state index contributed by atoms with van der Waals surface area (Å²) >= 11 is 0. The minimum Gasteiger partial charge on any atom is -0.376 e. The first-order chi connectivity index (χ1) is 11.2. The van der Waals surface area contributed by atoms with Crippen molar-refractivity contribution in [1.29, 1.82) is 0 Å². The number of carbonyl (C=O) groups is 1. The number of morpholine rings is 1. The van der Waals surface area contributed by atoms with Crippen LogP contribution in [0.1, 0.15) is 26.7 Å². The van der Waals surface area contributed by atoms with Crippen molar-refractivity contribution >= 4 is 11.7 Å². The largest absolute Gasteiger partial charge is 0.376 e. The van der Waals surface area contributed by atoms with Crippen LogP contribution in [0.25, 0.3) is 0 Å². The molecule has 3 rings (SSSR count). The quantitative estimate of drug-likeness (QED) is 0.919. The zero-order chi connectivity index (χ0) is 16.2. The number of nitrogens with one attached hydrogen (secondary N) is 1. The monoisotopic (exact) mass is 321 g/mol. The van der Waals surface area contributed by atoms with Crippen LogP contribution in [-0.4, -0.2) is 70.5 Å². The fourth-order valence-electron chi connectivity index (χ4n) is 3.41. The molecular formula is C16H27N5O2. The highest BCUT2D eigenvalue weighted by molar-refractivity contribution is 5.89. The van der Waals surface area contributed by atoms with Gasteiger partial charge in [0.25, 0.3) is 0 Å². The number of carbonyl (C=O) groups excluding carboxylic acids is 1. The zero-order valence-electron chi connectivity index (χ0n) is 14.1. The molecule has 0 radical (unpaired) electrons. The summed E-state index contributed by atoms with van der Waals surface area (Å²) in [6, 6.07) is 0.558. The minimum absolute atomic E-state index is 0.0190. The average molecular weight is 321 g/mol. The molecule has 2 aliphatic heterocycles. The number of hydrogen-bond donors (Lipinski definition) is 1. The Kier molecular flexibility index (Phi) is 5.17. The fraction of sp³-hybridized carbons (Fsp3) is 0.750. The third-order valence-corrected chi connectivity index (χ3v) is 4.75. The molecule has 128 valence electrons. The molecule has 3 heterocycles. The Labute approximate surface area is 137 Å². The van der Waals surface area contributed by atoms with Gasteiger partial charge in [-0.1, -0.05) is 0 Å². The highest BCUT2D eigenvalue weighted by Crippen LogP contribution is 2.20. The van der Waals surface area contributed by atoms with E-state index in [2.05, 4.69) is 22.2 Å². The average Bonchev–Trinajstić information content (AvgIpc) is 3.02. The van der Waals surface area contributed by atoms with Crippen molar-refractivity contribution in [1.82, 2.24) is 19.6 Å². The molecule has 0 saturated carbocycles. The van der Waals surface area contributed by atoms with E-state index in [4.69, 9.17) is 4.74 Å². The number of rotatable bonds is 3. The molecule has 7 nitrogen and oxygen atoms in total. The van der Waals surface area contributed by atoms with Gasteiger partial charge in [-0.2, -0.15) is 5.10 Å². The standard InChI is InChI=1S/C16H27N5O2/c1-3-21-12-14(10-17-21)18-16(22)19-6-4-15(5-7-19)20-8-9-23-13(2)11-20/h10,12-13,15H,3-9,11H2,1-2H3,(H,18,22)/t13-/m0/s1. The SMILES string of the molecule is CCn1cc(NC(=O)N2CCC(N3CCO[C@@H](C)C3)CC2)cn1. The number of urea groups is 1. The summed E-state index contributed by atoms with van der Waals surface area (Å²) in [5.74, 6) is 0. The first-order valence-electron chi connectivity index (χ1n) is 8.59. The Morgan fingerprint density at radius 3 is 2.83 bits per heavy atom. The van der Waals surface area contributed by atoms with Crippen LogP contribution >= 0.6 is 0 Å². The van der Waals surface area contributed by atoms with Crippen molar-refractivity contribution in [3.05, 3.63) is 12.4 Å². The highest BCUT2D eigenvalue weighted by atomic mass is 16.5. The molecule has 0 aliphatic carbocycles. The van der Waals surface area contributed by atoms with Crippen LogP contribution in [0.15, 0.2) is 12.4 Å². The van der Waals surface area contributed by atoms with Gasteiger partial charge in [-0.05, 0) is 26.7 Å². The van der Waals surface area contributed by atoms with E-state index in [1.807, 2.05) is 18.0 Å². The molecule has 2 aliphatic rings. The van der Waals surface area contributed by atoms with Gasteiger partial charge in [0, 0.05) is 45.0 Å². The van der Waals surface area contributed by atoms with E-state index in [1.54, 1.807) is 10.9 Å². The predicted molar refractivity (Wildman–Crippen MR) is 88.5 cm³/mol. The van der Waals surface area contributed by atoms with Crippen molar-refractivity contribution in [3.63, 3.8) is 0 Å². The summed E-state index contributed by atoms with van der Waals surface area (Å²) in [5.41, 5.74) is 0.765. The maximum absolute atomic E-state index is 12.3. The first-order valence-corrected chi connectivity index (χ1v) is 8.59. The van der Waals surface area contributed by atoms with Gasteiger partial charge >= 0.3 is 6.03 Å². The number of piperidine rings is 1. The topological polar surface area (TPSA) is 62.6 Å². The molecule has 0 spiro atoms. The van der Waals surface area contributed by atoms with Gasteiger partial charge in [0.15, 0.2) is 0 Å². The number of aromatic nitrogens is 2. The number of anilines is 1. The fourth-order valence-corrected chi connectivity index (χ4v) is 3.41. The molecule has 0 bridgehead atoms. The Hall–Kier alpha value is -1.60. The lowest BCUT2D eigenvalue weighted by Crippen LogP contribution is -2.52. The summed E-state index contributed by atoms with van der Waals surface area (Å²) in [4.78, 5) is 16.8. The number of amides is 2. The zero-order valence-corrected chi connectivity index (χ0v) is 14.1. The molecule has 0 aromatic carbocycles. The lowest BCUT2D eigenvalue weighted by Gasteiger charge is -2.41. The number of ether oxygens (including phenoxy) is 1. The van der Waals surface area contributed by atoms with E-state index in [0.29, 0.717) is 12.1 Å². The molecule has 1 N–H and O–H groups in total. The lowest BCUT2D eigenvalue weighted by molar-refractivity contribution is -0.0415. The molecule has 0 unspecified atom stereocenters. The van der Waals surface area contributed by atoms with Gasteiger partial charge in [-0.15, -0.1) is 0 Å². The Bertz CT molecular complexity index is 524. The summed E-state index contributed by atoms with van der Waals surface area (Å²) in [5, 5.41) is 7.12. The summed E-state index contributed by atoms with van der Waals surface area (Å²) < 4.78 is 7.42. The van der Waals surface area contributed by atoms with Gasteiger partial charge < -0.3 is 15.0 Å². The van der Waals surface area contributed by atoms with Gasteiger partial charge in [0.2, 0.25) is 0 Å². The number of hydrogen-bond acceptors (Lipinski definition) is 4. The number of aryl methyl sites for hydroxylation is 1. The molecule has 2 fully saturated rings. The van der Waals surface area contributed by atoms with E-state index in [-0.39, 0.29) is 6.03 Å². The van der Waals surface area contributed by atoms with Crippen LogP contribution in [0, 0.1) is 0 Å². The molecule has 1 aromatic rings. The van der Waals surface area contributed by atoms with Gasteiger partial charge in [0.05, 0.1) is 24.6 Å². The second kappa shape index (κ2) is 7.31. The predicted octanol–water partition coefficient (Wildman–Crippen LogP) is 1.62. The molecule has 2 amide bonds. The molecule has 7 heteroatoms. The molecule has 1 aromatic heterocycles. The maximum atomic E-state index is 12.3. The van der Waals surface area contributed by atoms with E-state index in [0.717, 1.165) is 57.9 Å². The van der Waals surface area contributed by atoms with Crippen LogP contribution in [-0.2, 0) is 11.3 Å². The number of nitrogens with zero attached hydrogens (tertiary/aromatic N) is 4. The van der Waals surface area contributed by atoms with Crippen molar-refractivity contribution < 1.29 is 9.53 Å². The van der Waals surface area contributed by atoms with Crippen LogP contribution in [0.2, 0.25) is 0 Å². The Balaban J connectivity index is 1.47. The van der Waals surface area contributed by atoms with Crippen LogP contribution in [0.5, 0.6) is 0 Å². The molecule has 1 atom stereocenters. The van der Waals surface area contributed by atoms with Crippen molar-refractivity contribution in [2.75, 3.05) is 38.1 Å². The van der Waals surface area contributed by atoms with Crippen molar-refractivity contribution in [2.24, 2.45) is 0 Å². The third-order valence-electron chi connectivity index (χ3n) is 4.75. The van der Waals surface area contributed by atoms with Crippen LogP contribution in [0.3, 0.4) is 0 Å². The molecule has 2 saturated heterocycles. The summed E-state index contributed by atoms with van der Waals surface area (Å²) in [6.07, 6.45) is 5.95. The van der Waals surface area contributed by atoms with Crippen LogP contribution in [0.4, 0.5) is 10.5 Å².